The monoisotopic (exact) mass is 498 g/mol. The second kappa shape index (κ2) is 9.11. The molecule has 6 rings (SSSR count). The third kappa shape index (κ3) is 3.96. The average Bonchev–Trinajstić information content (AvgIpc) is 3.36. The van der Waals surface area contributed by atoms with Crippen molar-refractivity contribution in [2.75, 3.05) is 24.5 Å². The first-order chi connectivity index (χ1) is 17.5. The SMILES string of the molecule is O=C(c1cc(-c2ccncc2)nc2ccccc12)N1CCc2cc(S(=O)(=O)N3CCCCC3)ccc21. The summed E-state index contributed by atoms with van der Waals surface area (Å²) in [4.78, 5) is 24.8. The molecule has 1 saturated heterocycles. The highest BCUT2D eigenvalue weighted by Crippen LogP contribution is 2.34. The minimum atomic E-state index is -3.52. The van der Waals surface area contributed by atoms with Crippen LogP contribution in [-0.2, 0) is 16.4 Å². The first-order valence-corrected chi connectivity index (χ1v) is 13.7. The smallest absolute Gasteiger partial charge is 0.259 e. The van der Waals surface area contributed by atoms with E-state index in [0.29, 0.717) is 42.2 Å². The number of rotatable bonds is 4. The number of hydrogen-bond acceptors (Lipinski definition) is 5. The Labute approximate surface area is 210 Å². The molecule has 4 aromatic rings. The van der Waals surface area contributed by atoms with Crippen LogP contribution >= 0.6 is 0 Å². The summed E-state index contributed by atoms with van der Waals surface area (Å²) in [5, 5.41) is 0.790. The lowest BCUT2D eigenvalue weighted by atomic mass is 10.0. The fourth-order valence-electron chi connectivity index (χ4n) is 5.17. The fraction of sp³-hybridized carbons (Fsp3) is 0.250. The highest BCUT2D eigenvalue weighted by atomic mass is 32.2. The summed E-state index contributed by atoms with van der Waals surface area (Å²) in [6.45, 7) is 1.64. The maximum atomic E-state index is 13.9. The second-order valence-electron chi connectivity index (χ2n) is 9.27. The molecule has 1 amide bonds. The third-order valence-electron chi connectivity index (χ3n) is 7.07. The van der Waals surface area contributed by atoms with Crippen molar-refractivity contribution in [1.29, 1.82) is 0 Å². The van der Waals surface area contributed by atoms with Crippen LogP contribution in [0.2, 0.25) is 0 Å². The zero-order chi connectivity index (χ0) is 24.7. The molecule has 2 aromatic carbocycles. The standard InChI is InChI=1S/C28H26N4O3S/c33-28(24-19-26(20-10-13-29-14-11-20)30-25-7-3-2-6-23(24)25)32-17-12-21-18-22(8-9-27(21)32)36(34,35)31-15-4-1-5-16-31/h2-3,6-11,13-14,18-19H,1,4-5,12,15-17H2. The lowest BCUT2D eigenvalue weighted by molar-refractivity contribution is 0.0991. The van der Waals surface area contributed by atoms with E-state index < -0.39 is 10.0 Å². The molecule has 2 aliphatic rings. The summed E-state index contributed by atoms with van der Waals surface area (Å²) in [7, 11) is -3.52. The van der Waals surface area contributed by atoms with Gasteiger partial charge in [0.15, 0.2) is 0 Å². The van der Waals surface area contributed by atoms with Crippen molar-refractivity contribution in [1.82, 2.24) is 14.3 Å². The van der Waals surface area contributed by atoms with Gasteiger partial charge in [0.2, 0.25) is 10.0 Å². The number of piperidine rings is 1. The molecule has 0 spiro atoms. The van der Waals surface area contributed by atoms with Crippen molar-refractivity contribution in [3.8, 4) is 11.3 Å². The van der Waals surface area contributed by atoms with Crippen LogP contribution in [0.3, 0.4) is 0 Å². The van der Waals surface area contributed by atoms with Crippen LogP contribution in [0.5, 0.6) is 0 Å². The van der Waals surface area contributed by atoms with Gasteiger partial charge in [-0.25, -0.2) is 13.4 Å². The van der Waals surface area contributed by atoms with Gasteiger partial charge in [0, 0.05) is 48.7 Å². The molecule has 0 bridgehead atoms. The molecule has 0 atom stereocenters. The third-order valence-corrected chi connectivity index (χ3v) is 8.96. The number of carbonyl (C=O) groups excluding carboxylic acids is 1. The molecule has 4 heterocycles. The van der Waals surface area contributed by atoms with Crippen molar-refractivity contribution in [2.45, 2.75) is 30.6 Å². The molecule has 2 aromatic heterocycles. The number of nitrogens with zero attached hydrogens (tertiary/aromatic N) is 4. The van der Waals surface area contributed by atoms with Crippen LogP contribution in [0, 0.1) is 0 Å². The maximum Gasteiger partial charge on any atom is 0.259 e. The Morgan fingerprint density at radius 3 is 2.44 bits per heavy atom. The molecule has 8 heteroatoms. The number of carbonyl (C=O) groups is 1. The van der Waals surface area contributed by atoms with Gasteiger partial charge in [0.25, 0.3) is 5.91 Å². The van der Waals surface area contributed by atoms with E-state index in [1.807, 2.05) is 42.5 Å². The van der Waals surface area contributed by atoms with Crippen LogP contribution in [0.15, 0.2) is 78.0 Å². The number of aromatic nitrogens is 2. The number of amides is 1. The van der Waals surface area contributed by atoms with Gasteiger partial charge in [-0.1, -0.05) is 24.6 Å². The van der Waals surface area contributed by atoms with E-state index >= 15 is 0 Å². The molecule has 0 saturated carbocycles. The van der Waals surface area contributed by atoms with E-state index in [2.05, 4.69) is 4.98 Å². The summed E-state index contributed by atoms with van der Waals surface area (Å²) in [6.07, 6.45) is 6.89. The predicted octanol–water partition coefficient (Wildman–Crippen LogP) is 4.67. The van der Waals surface area contributed by atoms with Crippen LogP contribution in [0.25, 0.3) is 22.2 Å². The van der Waals surface area contributed by atoms with Gasteiger partial charge in [-0.05, 0) is 67.3 Å². The Morgan fingerprint density at radius 2 is 1.64 bits per heavy atom. The quantitative estimate of drug-likeness (QED) is 0.408. The highest BCUT2D eigenvalue weighted by Gasteiger charge is 2.31. The minimum Gasteiger partial charge on any atom is -0.308 e. The van der Waals surface area contributed by atoms with Crippen molar-refractivity contribution in [3.63, 3.8) is 0 Å². The first-order valence-electron chi connectivity index (χ1n) is 12.3. The Hall–Kier alpha value is -3.62. The first kappa shape index (κ1) is 22.8. The normalized spacial score (nSPS) is 16.3. The van der Waals surface area contributed by atoms with Crippen molar-refractivity contribution < 1.29 is 13.2 Å². The largest absolute Gasteiger partial charge is 0.308 e. The van der Waals surface area contributed by atoms with Gasteiger partial charge in [0.05, 0.1) is 21.7 Å². The zero-order valence-corrected chi connectivity index (χ0v) is 20.6. The molecule has 0 radical (unpaired) electrons. The molecule has 0 unspecified atom stereocenters. The summed E-state index contributed by atoms with van der Waals surface area (Å²) >= 11 is 0. The van der Waals surface area contributed by atoms with Crippen molar-refractivity contribution in [3.05, 3.63) is 84.2 Å². The van der Waals surface area contributed by atoms with Gasteiger partial charge in [-0.3, -0.25) is 9.78 Å². The molecular formula is C28H26N4O3S. The number of anilines is 1. The lowest BCUT2D eigenvalue weighted by Crippen LogP contribution is -2.35. The molecule has 7 nitrogen and oxygen atoms in total. The number of fused-ring (bicyclic) bond motifs is 2. The number of para-hydroxylation sites is 1. The molecule has 0 N–H and O–H groups in total. The average molecular weight is 499 g/mol. The number of hydrogen-bond donors (Lipinski definition) is 0. The summed E-state index contributed by atoms with van der Waals surface area (Å²) in [5.41, 5.74) is 4.57. The van der Waals surface area contributed by atoms with Crippen LogP contribution in [0.1, 0.15) is 35.2 Å². The van der Waals surface area contributed by atoms with E-state index in [1.54, 1.807) is 39.8 Å². The molecule has 1 fully saturated rings. The molecular weight excluding hydrogens is 472 g/mol. The zero-order valence-electron chi connectivity index (χ0n) is 19.8. The molecule has 36 heavy (non-hydrogen) atoms. The van der Waals surface area contributed by atoms with Crippen molar-refractivity contribution in [2.24, 2.45) is 0 Å². The summed E-state index contributed by atoms with van der Waals surface area (Å²) in [6, 6.07) is 18.4. The van der Waals surface area contributed by atoms with Gasteiger partial charge in [-0.15, -0.1) is 0 Å². The topological polar surface area (TPSA) is 83.5 Å². The van der Waals surface area contributed by atoms with E-state index in [-0.39, 0.29) is 5.91 Å². The Kier molecular flexibility index (Phi) is 5.78. The lowest BCUT2D eigenvalue weighted by Gasteiger charge is -2.26. The summed E-state index contributed by atoms with van der Waals surface area (Å²) in [5.74, 6) is -0.116. The fourth-order valence-corrected chi connectivity index (χ4v) is 6.74. The minimum absolute atomic E-state index is 0.116. The van der Waals surface area contributed by atoms with Gasteiger partial charge in [-0.2, -0.15) is 4.31 Å². The number of pyridine rings is 2. The highest BCUT2D eigenvalue weighted by molar-refractivity contribution is 7.89. The van der Waals surface area contributed by atoms with Gasteiger partial charge in [0.1, 0.15) is 0 Å². The van der Waals surface area contributed by atoms with Gasteiger partial charge < -0.3 is 4.90 Å². The number of sulfonamides is 1. The van der Waals surface area contributed by atoms with E-state index in [9.17, 15) is 13.2 Å². The van der Waals surface area contributed by atoms with E-state index in [1.165, 1.54) is 0 Å². The van der Waals surface area contributed by atoms with Crippen LogP contribution in [-0.4, -0.2) is 48.2 Å². The van der Waals surface area contributed by atoms with Gasteiger partial charge >= 0.3 is 0 Å². The molecule has 2 aliphatic heterocycles. The Balaban J connectivity index is 1.37. The predicted molar refractivity (Wildman–Crippen MR) is 139 cm³/mol. The van der Waals surface area contributed by atoms with Crippen LogP contribution < -0.4 is 4.90 Å². The molecule has 182 valence electrons. The molecule has 0 aliphatic carbocycles. The van der Waals surface area contributed by atoms with Crippen molar-refractivity contribution >= 4 is 32.5 Å². The Bertz CT molecular complexity index is 1560. The Morgan fingerprint density at radius 1 is 0.861 bits per heavy atom. The second-order valence-corrected chi connectivity index (χ2v) is 11.2. The maximum absolute atomic E-state index is 13.9. The van der Waals surface area contributed by atoms with Crippen LogP contribution in [0.4, 0.5) is 5.69 Å². The summed E-state index contributed by atoms with van der Waals surface area (Å²) < 4.78 is 27.9. The van der Waals surface area contributed by atoms with E-state index in [0.717, 1.165) is 47.0 Å². The number of benzene rings is 2. The van der Waals surface area contributed by atoms with E-state index in [4.69, 9.17) is 4.98 Å².